The summed E-state index contributed by atoms with van der Waals surface area (Å²) in [6.07, 6.45) is 4.61. The van der Waals surface area contributed by atoms with Gasteiger partial charge in [0.25, 0.3) is 5.19 Å². The second kappa shape index (κ2) is 8.38. The molecule has 0 N–H and O–H groups in total. The third-order valence-corrected chi connectivity index (χ3v) is 4.26. The molecule has 0 radical (unpaired) electrons. The van der Waals surface area contributed by atoms with Crippen LogP contribution in [0.3, 0.4) is 0 Å². The first-order valence-corrected chi connectivity index (χ1v) is 7.69. The second-order valence-electron chi connectivity index (χ2n) is 4.32. The van der Waals surface area contributed by atoms with E-state index in [2.05, 4.69) is 23.6 Å². The van der Waals surface area contributed by atoms with E-state index in [1.165, 1.54) is 20.0 Å². The van der Waals surface area contributed by atoms with Gasteiger partial charge in [-0.15, -0.1) is 0 Å². The van der Waals surface area contributed by atoms with Crippen molar-refractivity contribution in [1.29, 1.82) is 0 Å². The number of carbonyl (C=O) groups excluding carboxylic acids is 1. The highest BCUT2D eigenvalue weighted by atomic mass is 35.5. The molecule has 0 spiro atoms. The molecular weight excluding hydrogens is 286 g/mol. The van der Waals surface area contributed by atoms with Crippen molar-refractivity contribution in [3.63, 3.8) is 0 Å². The number of aromatic nitrogens is 1. The molecule has 108 valence electrons. The fourth-order valence-electron chi connectivity index (χ4n) is 1.65. The van der Waals surface area contributed by atoms with E-state index in [1.54, 1.807) is 0 Å². The first-order chi connectivity index (χ1) is 9.12. The highest BCUT2D eigenvalue weighted by Gasteiger charge is 2.18. The van der Waals surface area contributed by atoms with Crippen LogP contribution >= 0.6 is 22.9 Å². The van der Waals surface area contributed by atoms with Gasteiger partial charge in [-0.1, -0.05) is 56.0 Å². The molecule has 4 nitrogen and oxygen atoms in total. The molecule has 0 aliphatic rings. The van der Waals surface area contributed by atoms with Crippen LogP contribution in [0.15, 0.2) is 0 Å². The van der Waals surface area contributed by atoms with Gasteiger partial charge in [0.2, 0.25) is 0 Å². The van der Waals surface area contributed by atoms with Crippen LogP contribution < -0.4 is 4.74 Å². The summed E-state index contributed by atoms with van der Waals surface area (Å²) in [4.78, 5) is 15.7. The maximum absolute atomic E-state index is 11.4. The summed E-state index contributed by atoms with van der Waals surface area (Å²) in [6, 6.07) is 0. The van der Waals surface area contributed by atoms with Crippen LogP contribution in [0.4, 0.5) is 0 Å². The minimum atomic E-state index is -0.477. The highest BCUT2D eigenvalue weighted by Crippen LogP contribution is 2.29. The average Bonchev–Trinajstić information content (AvgIpc) is 2.79. The number of hydrogen-bond donors (Lipinski definition) is 0. The number of unbranched alkanes of at least 4 members (excludes halogenated alkanes) is 1. The Hall–Kier alpha value is -0.810. The predicted octanol–water partition coefficient (Wildman–Crippen LogP) is 4.18. The lowest BCUT2D eigenvalue weighted by Gasteiger charge is -2.13. The Labute approximate surface area is 123 Å². The fraction of sp³-hybridized carbons (Fsp3) is 0.692. The predicted molar refractivity (Wildman–Crippen MR) is 77.3 cm³/mol. The Kier molecular flexibility index (Phi) is 7.16. The van der Waals surface area contributed by atoms with Crippen molar-refractivity contribution in [2.24, 2.45) is 5.92 Å². The quantitative estimate of drug-likeness (QED) is 0.676. The van der Waals surface area contributed by atoms with Crippen LogP contribution in [0.2, 0.25) is 5.15 Å². The third kappa shape index (κ3) is 4.99. The summed E-state index contributed by atoms with van der Waals surface area (Å²) in [7, 11) is 1.32. The van der Waals surface area contributed by atoms with Crippen LogP contribution in [0.25, 0.3) is 0 Å². The van der Waals surface area contributed by atoms with Crippen LogP contribution in [-0.4, -0.2) is 24.7 Å². The fourth-order valence-corrected chi connectivity index (χ4v) is 2.71. The lowest BCUT2D eigenvalue weighted by atomic mass is 10.0. The summed E-state index contributed by atoms with van der Waals surface area (Å²) < 4.78 is 10.2. The Balaban J connectivity index is 2.55. The largest absolute Gasteiger partial charge is 0.470 e. The second-order valence-corrected chi connectivity index (χ2v) is 5.64. The topological polar surface area (TPSA) is 48.4 Å². The Morgan fingerprint density at radius 2 is 2.21 bits per heavy atom. The van der Waals surface area contributed by atoms with Gasteiger partial charge >= 0.3 is 5.97 Å². The van der Waals surface area contributed by atoms with E-state index in [0.717, 1.165) is 24.2 Å². The monoisotopic (exact) mass is 305 g/mol. The van der Waals surface area contributed by atoms with Crippen molar-refractivity contribution >= 4 is 28.9 Å². The number of carbonyl (C=O) groups is 1. The van der Waals surface area contributed by atoms with Gasteiger partial charge < -0.3 is 9.47 Å². The molecule has 0 aliphatic heterocycles. The molecule has 0 amide bonds. The van der Waals surface area contributed by atoms with Gasteiger partial charge in [-0.2, -0.15) is 4.98 Å². The van der Waals surface area contributed by atoms with Gasteiger partial charge in [0.15, 0.2) is 10.0 Å². The molecule has 1 unspecified atom stereocenters. The standard InChI is InChI=1S/C13H20ClNO3S/c1-4-6-7-9(5-2)8-18-13-15-11(14)10(19-13)12(16)17-3/h9H,4-8H2,1-3H3. The zero-order chi connectivity index (χ0) is 14.3. The van der Waals surface area contributed by atoms with Crippen molar-refractivity contribution in [3.05, 3.63) is 10.0 Å². The molecule has 1 aromatic heterocycles. The van der Waals surface area contributed by atoms with E-state index in [0.29, 0.717) is 22.6 Å². The van der Waals surface area contributed by atoms with E-state index in [1.807, 2.05) is 0 Å². The first kappa shape index (κ1) is 16.2. The number of esters is 1. The summed E-state index contributed by atoms with van der Waals surface area (Å²) in [5, 5.41) is 0.578. The van der Waals surface area contributed by atoms with Crippen LogP contribution in [0.5, 0.6) is 5.19 Å². The van der Waals surface area contributed by atoms with Crippen molar-refractivity contribution in [1.82, 2.24) is 4.98 Å². The first-order valence-electron chi connectivity index (χ1n) is 6.49. The van der Waals surface area contributed by atoms with Gasteiger partial charge in [-0.3, -0.25) is 0 Å². The van der Waals surface area contributed by atoms with Crippen molar-refractivity contribution < 1.29 is 14.3 Å². The summed E-state index contributed by atoms with van der Waals surface area (Å²) in [5.74, 6) is 0.0413. The van der Waals surface area contributed by atoms with Gasteiger partial charge in [-0.25, -0.2) is 4.79 Å². The maximum Gasteiger partial charge on any atom is 0.351 e. The number of rotatable bonds is 8. The van der Waals surface area contributed by atoms with Crippen LogP contribution in [0, 0.1) is 5.92 Å². The molecular formula is C13H20ClNO3S. The van der Waals surface area contributed by atoms with E-state index in [4.69, 9.17) is 16.3 Å². The summed E-state index contributed by atoms with van der Waals surface area (Å²) in [5.41, 5.74) is 0. The van der Waals surface area contributed by atoms with Crippen molar-refractivity contribution in [2.75, 3.05) is 13.7 Å². The molecule has 0 bridgehead atoms. The third-order valence-electron chi connectivity index (χ3n) is 2.92. The minimum absolute atomic E-state index is 0.147. The number of hydrogen-bond acceptors (Lipinski definition) is 5. The minimum Gasteiger partial charge on any atom is -0.470 e. The van der Waals surface area contributed by atoms with E-state index < -0.39 is 5.97 Å². The molecule has 1 heterocycles. The smallest absolute Gasteiger partial charge is 0.351 e. The van der Waals surface area contributed by atoms with E-state index in [-0.39, 0.29) is 5.15 Å². The van der Waals surface area contributed by atoms with Gasteiger partial charge in [0.1, 0.15) is 0 Å². The number of nitrogens with zero attached hydrogens (tertiary/aromatic N) is 1. The molecule has 0 saturated carbocycles. The molecule has 0 aliphatic carbocycles. The van der Waals surface area contributed by atoms with Gasteiger partial charge in [0.05, 0.1) is 13.7 Å². The summed E-state index contributed by atoms with van der Waals surface area (Å²) >= 11 is 7.00. The lowest BCUT2D eigenvalue weighted by molar-refractivity contribution is 0.0606. The zero-order valence-corrected chi connectivity index (χ0v) is 13.1. The number of thiazole rings is 1. The van der Waals surface area contributed by atoms with Crippen LogP contribution in [-0.2, 0) is 4.74 Å². The van der Waals surface area contributed by atoms with Crippen molar-refractivity contribution in [3.8, 4) is 5.19 Å². The SMILES string of the molecule is CCCCC(CC)COc1nc(Cl)c(C(=O)OC)s1. The average molecular weight is 306 g/mol. The molecule has 1 aromatic rings. The van der Waals surface area contributed by atoms with Crippen LogP contribution in [0.1, 0.15) is 49.2 Å². The molecule has 0 saturated heterocycles. The van der Waals surface area contributed by atoms with Crippen molar-refractivity contribution in [2.45, 2.75) is 39.5 Å². The number of methoxy groups -OCH3 is 1. The molecule has 19 heavy (non-hydrogen) atoms. The number of halogens is 1. The Morgan fingerprint density at radius 3 is 2.79 bits per heavy atom. The molecule has 0 aromatic carbocycles. The molecule has 1 rings (SSSR count). The number of ether oxygens (including phenoxy) is 2. The Bertz CT molecular complexity index is 409. The lowest BCUT2D eigenvalue weighted by Crippen LogP contribution is -2.11. The van der Waals surface area contributed by atoms with E-state index >= 15 is 0 Å². The normalized spacial score (nSPS) is 12.2. The zero-order valence-electron chi connectivity index (χ0n) is 11.6. The summed E-state index contributed by atoms with van der Waals surface area (Å²) in [6.45, 7) is 4.94. The highest BCUT2D eigenvalue weighted by molar-refractivity contribution is 7.15. The molecule has 6 heteroatoms. The van der Waals surface area contributed by atoms with Gasteiger partial charge in [0, 0.05) is 0 Å². The molecule has 1 atom stereocenters. The van der Waals surface area contributed by atoms with E-state index in [9.17, 15) is 4.79 Å². The molecule has 0 fully saturated rings. The maximum atomic E-state index is 11.4. The van der Waals surface area contributed by atoms with Gasteiger partial charge in [-0.05, 0) is 12.3 Å². The Morgan fingerprint density at radius 1 is 1.47 bits per heavy atom.